The molecule has 1 aliphatic rings. The Bertz CT molecular complexity index is 1070. The summed E-state index contributed by atoms with van der Waals surface area (Å²) >= 11 is 0. The molecule has 1 amide bonds. The number of rotatable bonds is 9. The van der Waals surface area contributed by atoms with Crippen molar-refractivity contribution >= 4 is 5.91 Å². The Labute approximate surface area is 196 Å². The zero-order chi connectivity index (χ0) is 23.4. The molecule has 2 aromatic carbocycles. The Balaban J connectivity index is 1.74. The molecule has 0 aliphatic heterocycles. The van der Waals surface area contributed by atoms with E-state index in [0.29, 0.717) is 18.2 Å². The van der Waals surface area contributed by atoms with Gasteiger partial charge >= 0.3 is 0 Å². The highest BCUT2D eigenvalue weighted by Crippen LogP contribution is 2.35. The molecule has 1 fully saturated rings. The standard InChI is InChI=1S/C27H33N3O3/c1-5-19(2)29(26(31)21-10-9-11-21)18-25-20(3)28-30(22-12-7-6-8-13-22)27(25)33-24-16-14-23(32-4)15-17-24/h6-8,12-17,19,21H,5,9-11,18H2,1-4H3/t19-/m0/s1. The second-order valence-electron chi connectivity index (χ2n) is 8.75. The van der Waals surface area contributed by atoms with Crippen molar-refractivity contribution in [3.63, 3.8) is 0 Å². The highest BCUT2D eigenvalue weighted by molar-refractivity contribution is 5.80. The van der Waals surface area contributed by atoms with Gasteiger partial charge in [0, 0.05) is 12.0 Å². The zero-order valence-corrected chi connectivity index (χ0v) is 20.0. The molecule has 0 unspecified atom stereocenters. The first-order chi connectivity index (χ1) is 16.0. The Morgan fingerprint density at radius 2 is 1.79 bits per heavy atom. The molecule has 1 aliphatic carbocycles. The zero-order valence-electron chi connectivity index (χ0n) is 20.0. The molecule has 1 heterocycles. The summed E-state index contributed by atoms with van der Waals surface area (Å²) in [5.74, 6) is 2.49. The number of aromatic nitrogens is 2. The molecule has 1 atom stereocenters. The van der Waals surface area contributed by atoms with Gasteiger partial charge in [-0.3, -0.25) is 4.79 Å². The third-order valence-electron chi connectivity index (χ3n) is 6.60. The summed E-state index contributed by atoms with van der Waals surface area (Å²) in [6, 6.07) is 17.6. The molecule has 1 aromatic heterocycles. The van der Waals surface area contributed by atoms with Gasteiger partial charge in [0.2, 0.25) is 11.8 Å². The first-order valence-corrected chi connectivity index (χ1v) is 11.8. The van der Waals surface area contributed by atoms with E-state index in [-0.39, 0.29) is 17.9 Å². The lowest BCUT2D eigenvalue weighted by atomic mass is 9.84. The third-order valence-corrected chi connectivity index (χ3v) is 6.60. The second-order valence-corrected chi connectivity index (χ2v) is 8.75. The number of hydrogen-bond acceptors (Lipinski definition) is 4. The molecular formula is C27H33N3O3. The summed E-state index contributed by atoms with van der Waals surface area (Å²) in [5, 5.41) is 4.82. The SMILES string of the molecule is CC[C@H](C)N(Cc1c(C)nn(-c2ccccc2)c1Oc1ccc(OC)cc1)C(=O)C1CCC1. The Kier molecular flexibility index (Phi) is 7.02. The van der Waals surface area contributed by atoms with Crippen LogP contribution in [0.2, 0.25) is 0 Å². The van der Waals surface area contributed by atoms with Crippen LogP contribution in [-0.2, 0) is 11.3 Å². The van der Waals surface area contributed by atoms with E-state index in [2.05, 4.69) is 13.8 Å². The van der Waals surface area contributed by atoms with Crippen LogP contribution in [0.4, 0.5) is 0 Å². The average Bonchev–Trinajstić information content (AvgIpc) is 3.11. The second kappa shape index (κ2) is 10.1. The Morgan fingerprint density at radius 3 is 2.36 bits per heavy atom. The maximum atomic E-state index is 13.3. The van der Waals surface area contributed by atoms with Crippen LogP contribution in [0.1, 0.15) is 50.8 Å². The number of nitrogens with zero attached hydrogens (tertiary/aromatic N) is 3. The fourth-order valence-corrected chi connectivity index (χ4v) is 4.06. The van der Waals surface area contributed by atoms with Gasteiger partial charge < -0.3 is 14.4 Å². The van der Waals surface area contributed by atoms with Gasteiger partial charge in [0.15, 0.2) is 0 Å². The van der Waals surface area contributed by atoms with Gasteiger partial charge in [0.05, 0.1) is 30.6 Å². The Morgan fingerprint density at radius 1 is 1.12 bits per heavy atom. The van der Waals surface area contributed by atoms with Crippen LogP contribution in [0.5, 0.6) is 17.4 Å². The summed E-state index contributed by atoms with van der Waals surface area (Å²) in [6.45, 7) is 6.71. The van der Waals surface area contributed by atoms with Crippen molar-refractivity contribution in [1.82, 2.24) is 14.7 Å². The maximum Gasteiger partial charge on any atom is 0.227 e. The van der Waals surface area contributed by atoms with Gasteiger partial charge in [-0.2, -0.15) is 5.10 Å². The van der Waals surface area contributed by atoms with Crippen LogP contribution in [0.15, 0.2) is 54.6 Å². The van der Waals surface area contributed by atoms with Crippen molar-refractivity contribution in [3.05, 3.63) is 65.9 Å². The molecule has 6 nitrogen and oxygen atoms in total. The third kappa shape index (κ3) is 4.90. The van der Waals surface area contributed by atoms with E-state index in [9.17, 15) is 4.79 Å². The van der Waals surface area contributed by atoms with E-state index in [4.69, 9.17) is 14.6 Å². The van der Waals surface area contributed by atoms with Crippen molar-refractivity contribution in [3.8, 4) is 23.1 Å². The van der Waals surface area contributed by atoms with Gasteiger partial charge in [-0.05, 0) is 69.5 Å². The molecule has 0 saturated heterocycles. The highest BCUT2D eigenvalue weighted by atomic mass is 16.5. The van der Waals surface area contributed by atoms with Crippen LogP contribution in [0, 0.1) is 12.8 Å². The van der Waals surface area contributed by atoms with Crippen LogP contribution in [0.3, 0.4) is 0 Å². The minimum absolute atomic E-state index is 0.145. The Hall–Kier alpha value is -3.28. The molecule has 0 radical (unpaired) electrons. The van der Waals surface area contributed by atoms with E-state index in [0.717, 1.165) is 48.4 Å². The molecule has 0 bridgehead atoms. The lowest BCUT2D eigenvalue weighted by Gasteiger charge is -2.35. The lowest BCUT2D eigenvalue weighted by Crippen LogP contribution is -2.43. The topological polar surface area (TPSA) is 56.6 Å². The van der Waals surface area contributed by atoms with E-state index < -0.39 is 0 Å². The van der Waals surface area contributed by atoms with E-state index in [1.807, 2.05) is 71.1 Å². The maximum absolute atomic E-state index is 13.3. The monoisotopic (exact) mass is 447 g/mol. The number of aryl methyl sites for hydroxylation is 1. The van der Waals surface area contributed by atoms with E-state index in [1.54, 1.807) is 7.11 Å². The van der Waals surface area contributed by atoms with Crippen molar-refractivity contribution in [1.29, 1.82) is 0 Å². The van der Waals surface area contributed by atoms with Crippen LogP contribution in [0.25, 0.3) is 5.69 Å². The van der Waals surface area contributed by atoms with Gasteiger partial charge in [-0.25, -0.2) is 4.68 Å². The highest BCUT2D eigenvalue weighted by Gasteiger charge is 2.33. The van der Waals surface area contributed by atoms with Crippen molar-refractivity contribution in [2.24, 2.45) is 5.92 Å². The first-order valence-electron chi connectivity index (χ1n) is 11.8. The predicted octanol–water partition coefficient (Wildman–Crippen LogP) is 5.91. The minimum atomic E-state index is 0.145. The smallest absolute Gasteiger partial charge is 0.227 e. The number of benzene rings is 2. The fourth-order valence-electron chi connectivity index (χ4n) is 4.06. The van der Waals surface area contributed by atoms with E-state index >= 15 is 0 Å². The number of carbonyl (C=O) groups is 1. The fraction of sp³-hybridized carbons (Fsp3) is 0.407. The molecule has 4 rings (SSSR count). The summed E-state index contributed by atoms with van der Waals surface area (Å²) < 4.78 is 13.5. The molecule has 1 saturated carbocycles. The summed E-state index contributed by atoms with van der Waals surface area (Å²) in [5.41, 5.74) is 2.70. The first kappa shape index (κ1) is 22.9. The number of methoxy groups -OCH3 is 1. The molecule has 6 heteroatoms. The summed E-state index contributed by atoms with van der Waals surface area (Å²) in [7, 11) is 1.64. The number of carbonyl (C=O) groups excluding carboxylic acids is 1. The van der Waals surface area contributed by atoms with Crippen molar-refractivity contribution < 1.29 is 14.3 Å². The minimum Gasteiger partial charge on any atom is -0.497 e. The molecule has 3 aromatic rings. The van der Waals surface area contributed by atoms with Gasteiger partial charge in [-0.1, -0.05) is 31.5 Å². The molecule has 33 heavy (non-hydrogen) atoms. The average molecular weight is 448 g/mol. The normalized spacial score (nSPS) is 14.4. The van der Waals surface area contributed by atoms with Crippen LogP contribution < -0.4 is 9.47 Å². The molecule has 0 spiro atoms. The van der Waals surface area contributed by atoms with Crippen LogP contribution >= 0.6 is 0 Å². The number of amides is 1. The molecular weight excluding hydrogens is 414 g/mol. The van der Waals surface area contributed by atoms with Crippen molar-refractivity contribution in [2.75, 3.05) is 7.11 Å². The largest absolute Gasteiger partial charge is 0.497 e. The predicted molar refractivity (Wildman–Crippen MR) is 129 cm³/mol. The van der Waals surface area contributed by atoms with Gasteiger partial charge in [-0.15, -0.1) is 0 Å². The van der Waals surface area contributed by atoms with E-state index in [1.165, 1.54) is 0 Å². The van der Waals surface area contributed by atoms with Gasteiger partial charge in [0.1, 0.15) is 11.5 Å². The van der Waals surface area contributed by atoms with Crippen LogP contribution in [-0.4, -0.2) is 33.7 Å². The van der Waals surface area contributed by atoms with Crippen molar-refractivity contribution in [2.45, 2.75) is 59.0 Å². The molecule has 0 N–H and O–H groups in total. The number of ether oxygens (including phenoxy) is 2. The lowest BCUT2D eigenvalue weighted by molar-refractivity contribution is -0.141. The number of para-hydroxylation sites is 1. The number of hydrogen-bond donors (Lipinski definition) is 0. The quantitative estimate of drug-likeness (QED) is 0.409. The molecule has 174 valence electrons. The van der Waals surface area contributed by atoms with Gasteiger partial charge in [0.25, 0.3) is 0 Å². The summed E-state index contributed by atoms with van der Waals surface area (Å²) in [4.78, 5) is 15.3. The summed E-state index contributed by atoms with van der Waals surface area (Å²) in [6.07, 6.45) is 4.02.